The Morgan fingerprint density at radius 2 is 1.96 bits per heavy atom. The maximum atomic E-state index is 12.9. The number of rotatable bonds is 5. The molecular formula is C17H14BrFN4OS. The topological polar surface area (TPSA) is 70.7 Å². The molecule has 5 nitrogen and oxygen atoms in total. The van der Waals surface area contributed by atoms with Crippen LogP contribution in [0.3, 0.4) is 0 Å². The lowest BCUT2D eigenvalue weighted by atomic mass is 10.2. The number of aromatic nitrogens is 3. The van der Waals surface area contributed by atoms with Crippen LogP contribution in [0.25, 0.3) is 11.4 Å². The molecule has 25 heavy (non-hydrogen) atoms. The highest BCUT2D eigenvalue weighted by atomic mass is 79.9. The molecule has 0 aliphatic rings. The molecule has 1 aromatic heterocycles. The average molecular weight is 421 g/mol. The Hall–Kier alpha value is -2.19. The van der Waals surface area contributed by atoms with E-state index in [9.17, 15) is 9.18 Å². The maximum absolute atomic E-state index is 12.9. The van der Waals surface area contributed by atoms with Crippen LogP contribution in [0.5, 0.6) is 0 Å². The van der Waals surface area contributed by atoms with Gasteiger partial charge in [-0.1, -0.05) is 45.9 Å². The molecular weight excluding hydrogens is 407 g/mol. The van der Waals surface area contributed by atoms with E-state index < -0.39 is 5.25 Å². The minimum atomic E-state index is -0.409. The van der Waals surface area contributed by atoms with E-state index in [0.717, 1.165) is 10.0 Å². The molecule has 3 rings (SSSR count). The first kappa shape index (κ1) is 17.6. The third-order valence-corrected chi connectivity index (χ3v) is 5.01. The number of carbonyl (C=O) groups is 1. The van der Waals surface area contributed by atoms with Gasteiger partial charge in [0.05, 0.1) is 5.25 Å². The van der Waals surface area contributed by atoms with Gasteiger partial charge in [0.2, 0.25) is 11.1 Å². The number of H-pyrrole nitrogens is 1. The van der Waals surface area contributed by atoms with Crippen LogP contribution in [-0.4, -0.2) is 26.3 Å². The van der Waals surface area contributed by atoms with E-state index in [2.05, 4.69) is 36.4 Å². The number of nitrogens with zero attached hydrogens (tertiary/aromatic N) is 2. The van der Waals surface area contributed by atoms with Crippen molar-refractivity contribution in [2.75, 3.05) is 5.32 Å². The molecule has 1 heterocycles. The molecule has 2 N–H and O–H groups in total. The predicted octanol–water partition coefficient (Wildman–Crippen LogP) is 4.49. The van der Waals surface area contributed by atoms with Crippen molar-refractivity contribution in [1.82, 2.24) is 15.2 Å². The van der Waals surface area contributed by atoms with Crippen LogP contribution in [-0.2, 0) is 4.79 Å². The maximum Gasteiger partial charge on any atom is 0.237 e. The van der Waals surface area contributed by atoms with Gasteiger partial charge in [-0.15, -0.1) is 5.10 Å². The van der Waals surface area contributed by atoms with Crippen molar-refractivity contribution in [1.29, 1.82) is 0 Å². The summed E-state index contributed by atoms with van der Waals surface area (Å²) in [7, 11) is 0. The molecule has 0 aliphatic carbocycles. The lowest BCUT2D eigenvalue weighted by molar-refractivity contribution is -0.115. The molecule has 0 unspecified atom stereocenters. The van der Waals surface area contributed by atoms with Gasteiger partial charge in [-0.2, -0.15) is 0 Å². The van der Waals surface area contributed by atoms with Crippen molar-refractivity contribution in [3.63, 3.8) is 0 Å². The number of hydrogen-bond donors (Lipinski definition) is 2. The molecule has 0 spiro atoms. The average Bonchev–Trinajstić information content (AvgIpc) is 3.05. The monoisotopic (exact) mass is 420 g/mol. The van der Waals surface area contributed by atoms with E-state index in [0.29, 0.717) is 16.7 Å². The van der Waals surface area contributed by atoms with Crippen LogP contribution in [0.2, 0.25) is 0 Å². The van der Waals surface area contributed by atoms with Crippen LogP contribution >= 0.6 is 27.7 Å². The number of amides is 1. The van der Waals surface area contributed by atoms with Crippen LogP contribution in [0, 0.1) is 5.82 Å². The number of halogens is 2. The summed E-state index contributed by atoms with van der Waals surface area (Å²) in [6.07, 6.45) is 0. The predicted molar refractivity (Wildman–Crippen MR) is 99.9 cm³/mol. The van der Waals surface area contributed by atoms with Gasteiger partial charge in [-0.25, -0.2) is 9.37 Å². The molecule has 128 valence electrons. The van der Waals surface area contributed by atoms with Crippen molar-refractivity contribution < 1.29 is 9.18 Å². The van der Waals surface area contributed by atoms with Crippen molar-refractivity contribution in [2.45, 2.75) is 17.3 Å². The number of thioether (sulfide) groups is 1. The summed E-state index contributed by atoms with van der Waals surface area (Å²) in [4.78, 5) is 16.7. The fraction of sp³-hybridized carbons (Fsp3) is 0.118. The third kappa shape index (κ3) is 4.46. The van der Waals surface area contributed by atoms with Gasteiger partial charge in [0, 0.05) is 15.7 Å². The number of hydrogen-bond acceptors (Lipinski definition) is 4. The summed E-state index contributed by atoms with van der Waals surface area (Å²) in [5.41, 5.74) is 1.44. The second kappa shape index (κ2) is 7.79. The van der Waals surface area contributed by atoms with Gasteiger partial charge in [-0.05, 0) is 37.3 Å². The Bertz CT molecular complexity index is 884. The van der Waals surface area contributed by atoms with Crippen LogP contribution in [0.1, 0.15) is 6.92 Å². The molecule has 1 atom stereocenters. The summed E-state index contributed by atoms with van der Waals surface area (Å²) in [6, 6.07) is 13.3. The molecule has 8 heteroatoms. The van der Waals surface area contributed by atoms with Crippen molar-refractivity contribution in [2.24, 2.45) is 0 Å². The van der Waals surface area contributed by atoms with Crippen LogP contribution in [0.15, 0.2) is 58.2 Å². The molecule has 1 amide bonds. The minimum Gasteiger partial charge on any atom is -0.325 e. The standard InChI is InChI=1S/C17H14BrFN4OS/c1-10(16(24)20-12-8-6-11(19)7-9-12)25-17-21-15(22-23-17)13-4-2-3-5-14(13)18/h2-10H,1H3,(H,20,24)(H,21,22,23)/t10-/m1/s1. The SMILES string of the molecule is C[C@@H](Sc1n[nH]c(-c2ccccc2Br)n1)C(=O)Nc1ccc(F)cc1. The molecule has 0 aliphatic heterocycles. The van der Waals surface area contributed by atoms with Gasteiger partial charge in [0.25, 0.3) is 0 Å². The third-order valence-electron chi connectivity index (χ3n) is 3.36. The summed E-state index contributed by atoms with van der Waals surface area (Å²) >= 11 is 4.71. The number of aromatic amines is 1. The van der Waals surface area contributed by atoms with Crippen molar-refractivity contribution in [3.8, 4) is 11.4 Å². The van der Waals surface area contributed by atoms with Gasteiger partial charge in [0.1, 0.15) is 5.82 Å². The fourth-order valence-corrected chi connectivity index (χ4v) is 3.26. The number of carbonyl (C=O) groups excluding carboxylic acids is 1. The lowest BCUT2D eigenvalue weighted by Crippen LogP contribution is -2.22. The lowest BCUT2D eigenvalue weighted by Gasteiger charge is -2.10. The molecule has 0 saturated heterocycles. The largest absolute Gasteiger partial charge is 0.325 e. The Labute approximate surface area is 156 Å². The summed E-state index contributed by atoms with van der Waals surface area (Å²) in [5, 5.41) is 9.84. The first-order valence-corrected chi connectivity index (χ1v) is 9.10. The van der Waals surface area contributed by atoms with E-state index in [4.69, 9.17) is 0 Å². The van der Waals surface area contributed by atoms with Crippen LogP contribution in [0.4, 0.5) is 10.1 Å². The van der Waals surface area contributed by atoms with E-state index >= 15 is 0 Å². The molecule has 2 aromatic carbocycles. The number of benzene rings is 2. The van der Waals surface area contributed by atoms with E-state index in [-0.39, 0.29) is 11.7 Å². The van der Waals surface area contributed by atoms with E-state index in [1.807, 2.05) is 24.3 Å². The smallest absolute Gasteiger partial charge is 0.237 e. The minimum absolute atomic E-state index is 0.205. The molecule has 0 saturated carbocycles. The zero-order valence-corrected chi connectivity index (χ0v) is 15.6. The zero-order chi connectivity index (χ0) is 17.8. The van der Waals surface area contributed by atoms with Gasteiger partial charge in [-0.3, -0.25) is 9.89 Å². The summed E-state index contributed by atoms with van der Waals surface area (Å²) < 4.78 is 13.8. The Balaban J connectivity index is 1.65. The number of nitrogens with one attached hydrogen (secondary N) is 2. The van der Waals surface area contributed by atoms with Crippen LogP contribution < -0.4 is 5.32 Å². The highest BCUT2D eigenvalue weighted by molar-refractivity contribution is 9.10. The molecule has 0 radical (unpaired) electrons. The Kier molecular flexibility index (Phi) is 5.50. The Morgan fingerprint density at radius 1 is 1.24 bits per heavy atom. The first-order valence-electron chi connectivity index (χ1n) is 7.43. The molecule has 0 bridgehead atoms. The molecule has 0 fully saturated rings. The zero-order valence-electron chi connectivity index (χ0n) is 13.2. The number of anilines is 1. The van der Waals surface area contributed by atoms with E-state index in [1.54, 1.807) is 6.92 Å². The van der Waals surface area contributed by atoms with E-state index in [1.165, 1.54) is 36.0 Å². The second-order valence-electron chi connectivity index (χ2n) is 5.20. The van der Waals surface area contributed by atoms with Gasteiger partial charge < -0.3 is 5.32 Å². The highest BCUT2D eigenvalue weighted by Gasteiger charge is 2.18. The van der Waals surface area contributed by atoms with Gasteiger partial charge in [0.15, 0.2) is 5.82 Å². The van der Waals surface area contributed by atoms with Crippen molar-refractivity contribution >= 4 is 39.3 Å². The summed E-state index contributed by atoms with van der Waals surface area (Å²) in [6.45, 7) is 1.76. The highest BCUT2D eigenvalue weighted by Crippen LogP contribution is 2.27. The fourth-order valence-electron chi connectivity index (χ4n) is 2.06. The first-order chi connectivity index (χ1) is 12.0. The van der Waals surface area contributed by atoms with Gasteiger partial charge >= 0.3 is 0 Å². The quantitative estimate of drug-likeness (QED) is 0.596. The Morgan fingerprint density at radius 3 is 2.68 bits per heavy atom. The molecule has 3 aromatic rings. The second-order valence-corrected chi connectivity index (χ2v) is 7.36. The summed E-state index contributed by atoms with van der Waals surface area (Å²) in [5.74, 6) is 0.0747. The normalized spacial score (nSPS) is 12.0. The van der Waals surface area contributed by atoms with Crippen molar-refractivity contribution in [3.05, 3.63) is 58.8 Å².